The highest BCUT2D eigenvalue weighted by molar-refractivity contribution is 9.10. The minimum atomic E-state index is -0.552. The molecule has 2 aromatic rings. The van der Waals surface area contributed by atoms with Gasteiger partial charge >= 0.3 is 0 Å². The van der Waals surface area contributed by atoms with Crippen LogP contribution < -0.4 is 4.74 Å². The molecule has 2 nitrogen and oxygen atoms in total. The van der Waals surface area contributed by atoms with Gasteiger partial charge in [-0.2, -0.15) is 0 Å². The van der Waals surface area contributed by atoms with Crippen molar-refractivity contribution in [2.75, 3.05) is 0 Å². The van der Waals surface area contributed by atoms with Gasteiger partial charge in [-0.1, -0.05) is 40.2 Å². The summed E-state index contributed by atoms with van der Waals surface area (Å²) in [5.41, 5.74) is 3.16. The van der Waals surface area contributed by atoms with Gasteiger partial charge in [0.05, 0.1) is 6.10 Å². The molecule has 0 spiro atoms. The molecule has 0 radical (unpaired) electrons. The lowest BCUT2D eigenvalue weighted by Crippen LogP contribution is -2.02. The normalized spacial score (nSPS) is 12.2. The van der Waals surface area contributed by atoms with Gasteiger partial charge in [0, 0.05) is 10.0 Å². The minimum absolute atomic E-state index is 0.508. The molecule has 100 valence electrons. The number of rotatable bonds is 4. The standard InChI is InChI=1S/C16H17BrO2/c1-11-5-3-4-6-13(11)10-19-16-8-7-14(17)9-15(16)12(2)18/h3-9,12,18H,10H2,1-2H3/t12-/m1/s1. The second-order valence-electron chi connectivity index (χ2n) is 4.57. The number of hydrogen-bond acceptors (Lipinski definition) is 2. The van der Waals surface area contributed by atoms with E-state index in [1.54, 1.807) is 6.92 Å². The minimum Gasteiger partial charge on any atom is -0.489 e. The number of aliphatic hydroxyl groups is 1. The van der Waals surface area contributed by atoms with Crippen molar-refractivity contribution < 1.29 is 9.84 Å². The van der Waals surface area contributed by atoms with Crippen LogP contribution in [0.15, 0.2) is 46.9 Å². The van der Waals surface area contributed by atoms with E-state index in [1.165, 1.54) is 5.56 Å². The van der Waals surface area contributed by atoms with Crippen molar-refractivity contribution in [1.82, 2.24) is 0 Å². The van der Waals surface area contributed by atoms with Gasteiger partial charge in [0.2, 0.25) is 0 Å². The predicted octanol–water partition coefficient (Wildman–Crippen LogP) is 4.39. The molecule has 0 aliphatic heterocycles. The van der Waals surface area contributed by atoms with E-state index in [9.17, 15) is 5.11 Å². The fourth-order valence-electron chi connectivity index (χ4n) is 1.90. The van der Waals surface area contributed by atoms with E-state index < -0.39 is 6.10 Å². The van der Waals surface area contributed by atoms with Crippen LogP contribution in [-0.2, 0) is 6.61 Å². The van der Waals surface area contributed by atoms with Crippen LogP contribution >= 0.6 is 15.9 Å². The Morgan fingerprint density at radius 1 is 1.21 bits per heavy atom. The van der Waals surface area contributed by atoms with E-state index >= 15 is 0 Å². The van der Waals surface area contributed by atoms with Crippen LogP contribution in [0.25, 0.3) is 0 Å². The lowest BCUT2D eigenvalue weighted by Gasteiger charge is -2.14. The number of aryl methyl sites for hydroxylation is 1. The summed E-state index contributed by atoms with van der Waals surface area (Å²) in [5, 5.41) is 9.78. The van der Waals surface area contributed by atoms with Crippen molar-refractivity contribution >= 4 is 15.9 Å². The molecule has 0 bridgehead atoms. The molecule has 0 aliphatic rings. The topological polar surface area (TPSA) is 29.5 Å². The van der Waals surface area contributed by atoms with Crippen molar-refractivity contribution in [3.8, 4) is 5.75 Å². The summed E-state index contributed by atoms with van der Waals surface area (Å²) in [6.45, 7) is 4.31. The van der Waals surface area contributed by atoms with Crippen LogP contribution in [-0.4, -0.2) is 5.11 Å². The quantitative estimate of drug-likeness (QED) is 0.905. The first-order valence-corrected chi connectivity index (χ1v) is 7.02. The third kappa shape index (κ3) is 3.58. The first-order chi connectivity index (χ1) is 9.08. The maximum atomic E-state index is 9.78. The number of ether oxygens (including phenoxy) is 1. The van der Waals surface area contributed by atoms with Gasteiger partial charge in [-0.3, -0.25) is 0 Å². The largest absolute Gasteiger partial charge is 0.489 e. The molecular weight excluding hydrogens is 304 g/mol. The average molecular weight is 321 g/mol. The van der Waals surface area contributed by atoms with Gasteiger partial charge in [0.1, 0.15) is 12.4 Å². The fourth-order valence-corrected chi connectivity index (χ4v) is 2.28. The molecule has 2 rings (SSSR count). The summed E-state index contributed by atoms with van der Waals surface area (Å²) in [7, 11) is 0. The second kappa shape index (κ2) is 6.22. The van der Waals surface area contributed by atoms with Crippen LogP contribution in [0.4, 0.5) is 0 Å². The SMILES string of the molecule is Cc1ccccc1COc1ccc(Br)cc1[C@@H](C)O. The maximum absolute atomic E-state index is 9.78. The highest BCUT2D eigenvalue weighted by atomic mass is 79.9. The van der Waals surface area contributed by atoms with Crippen LogP contribution in [0.5, 0.6) is 5.75 Å². The first-order valence-electron chi connectivity index (χ1n) is 6.22. The Bertz CT molecular complexity index is 564. The molecule has 0 amide bonds. The Hall–Kier alpha value is -1.32. The smallest absolute Gasteiger partial charge is 0.125 e. The highest BCUT2D eigenvalue weighted by Gasteiger charge is 2.10. The van der Waals surface area contributed by atoms with E-state index in [2.05, 4.69) is 35.0 Å². The molecule has 0 unspecified atom stereocenters. The number of hydrogen-bond donors (Lipinski definition) is 1. The van der Waals surface area contributed by atoms with Crippen molar-refractivity contribution in [2.24, 2.45) is 0 Å². The summed E-state index contributed by atoms with van der Waals surface area (Å²) in [6, 6.07) is 13.8. The predicted molar refractivity (Wildman–Crippen MR) is 80.3 cm³/mol. The zero-order chi connectivity index (χ0) is 13.8. The molecule has 0 aliphatic carbocycles. The molecule has 2 aromatic carbocycles. The Morgan fingerprint density at radius 2 is 1.95 bits per heavy atom. The molecule has 19 heavy (non-hydrogen) atoms. The Labute approximate surface area is 122 Å². The highest BCUT2D eigenvalue weighted by Crippen LogP contribution is 2.29. The number of aliphatic hydroxyl groups excluding tert-OH is 1. The van der Waals surface area contributed by atoms with Crippen LogP contribution in [0.2, 0.25) is 0 Å². The molecule has 1 atom stereocenters. The summed E-state index contributed by atoms with van der Waals surface area (Å²) in [4.78, 5) is 0. The fraction of sp³-hybridized carbons (Fsp3) is 0.250. The molecular formula is C16H17BrO2. The average Bonchev–Trinajstić information content (AvgIpc) is 2.38. The molecule has 0 fully saturated rings. The van der Waals surface area contributed by atoms with E-state index in [0.29, 0.717) is 6.61 Å². The van der Waals surface area contributed by atoms with Crippen LogP contribution in [0.1, 0.15) is 29.7 Å². The van der Waals surface area contributed by atoms with Gasteiger partial charge in [0.15, 0.2) is 0 Å². The number of benzene rings is 2. The summed E-state index contributed by atoms with van der Waals surface area (Å²) in [6.07, 6.45) is -0.552. The maximum Gasteiger partial charge on any atom is 0.125 e. The third-order valence-corrected chi connectivity index (χ3v) is 3.56. The number of halogens is 1. The van der Waals surface area contributed by atoms with E-state index in [0.717, 1.165) is 21.3 Å². The second-order valence-corrected chi connectivity index (χ2v) is 5.49. The van der Waals surface area contributed by atoms with Crippen molar-refractivity contribution in [3.05, 3.63) is 63.6 Å². The first kappa shape index (κ1) is 14.1. The Kier molecular flexibility index (Phi) is 4.61. The van der Waals surface area contributed by atoms with Gasteiger partial charge in [-0.25, -0.2) is 0 Å². The monoisotopic (exact) mass is 320 g/mol. The zero-order valence-electron chi connectivity index (χ0n) is 11.1. The van der Waals surface area contributed by atoms with Crippen LogP contribution in [0, 0.1) is 6.92 Å². The lowest BCUT2D eigenvalue weighted by molar-refractivity contribution is 0.190. The van der Waals surface area contributed by atoms with E-state index in [4.69, 9.17) is 4.74 Å². The van der Waals surface area contributed by atoms with Crippen LogP contribution in [0.3, 0.4) is 0 Å². The lowest BCUT2D eigenvalue weighted by atomic mass is 10.1. The Morgan fingerprint density at radius 3 is 2.63 bits per heavy atom. The third-order valence-electron chi connectivity index (χ3n) is 3.07. The van der Waals surface area contributed by atoms with Gasteiger partial charge in [-0.15, -0.1) is 0 Å². The van der Waals surface area contributed by atoms with E-state index in [1.807, 2.05) is 30.3 Å². The molecule has 0 saturated carbocycles. The van der Waals surface area contributed by atoms with Crippen molar-refractivity contribution in [1.29, 1.82) is 0 Å². The molecule has 0 heterocycles. The summed E-state index contributed by atoms with van der Waals surface area (Å²) < 4.78 is 6.78. The molecule has 0 aromatic heterocycles. The zero-order valence-corrected chi connectivity index (χ0v) is 12.6. The summed E-state index contributed by atoms with van der Waals surface area (Å²) >= 11 is 3.41. The van der Waals surface area contributed by atoms with Gasteiger partial charge in [0.25, 0.3) is 0 Å². The van der Waals surface area contributed by atoms with Crippen molar-refractivity contribution in [2.45, 2.75) is 26.6 Å². The van der Waals surface area contributed by atoms with Gasteiger partial charge < -0.3 is 9.84 Å². The molecule has 0 saturated heterocycles. The molecule has 3 heteroatoms. The van der Waals surface area contributed by atoms with E-state index in [-0.39, 0.29) is 0 Å². The Balaban J connectivity index is 2.18. The molecule has 1 N–H and O–H groups in total. The van der Waals surface area contributed by atoms with Gasteiger partial charge in [-0.05, 0) is 43.2 Å². The summed E-state index contributed by atoms with van der Waals surface area (Å²) in [5.74, 6) is 0.724. The van der Waals surface area contributed by atoms with Crippen molar-refractivity contribution in [3.63, 3.8) is 0 Å².